The average Bonchev–Trinajstić information content (AvgIpc) is 3.02. The largest absolute Gasteiger partial charge is 0.370 e. The number of hydrogen-bond donors (Lipinski definition) is 1. The Morgan fingerprint density at radius 2 is 1.44 bits per heavy atom. The second-order valence-electron chi connectivity index (χ2n) is 6.32. The molecule has 1 fully saturated rings. The van der Waals surface area contributed by atoms with Crippen LogP contribution in [0.2, 0.25) is 0 Å². The molecule has 0 amide bonds. The summed E-state index contributed by atoms with van der Waals surface area (Å²) in [4.78, 5) is 12.7. The van der Waals surface area contributed by atoms with Crippen molar-refractivity contribution in [2.24, 2.45) is 11.0 Å². The van der Waals surface area contributed by atoms with E-state index < -0.39 is 20.2 Å². The van der Waals surface area contributed by atoms with Crippen LogP contribution in [-0.2, 0) is 32.0 Å². The molecule has 1 aliphatic carbocycles. The third kappa shape index (κ3) is 4.09. The van der Waals surface area contributed by atoms with Crippen LogP contribution in [0.3, 0.4) is 0 Å². The normalized spacial score (nSPS) is 20.1. The number of hydrogen-bond acceptors (Lipinski definition) is 9. The lowest BCUT2D eigenvalue weighted by Gasteiger charge is -2.39. The molecule has 9 nitrogen and oxygen atoms in total. The van der Waals surface area contributed by atoms with Crippen LogP contribution in [0, 0.1) is 5.92 Å². The molecular formula is C16H30N2O7P2. The molecular weight excluding hydrogens is 394 g/mol. The van der Waals surface area contributed by atoms with Crippen molar-refractivity contribution in [2.75, 3.05) is 26.4 Å². The molecule has 1 aliphatic heterocycles. The van der Waals surface area contributed by atoms with E-state index in [1.165, 1.54) is 0 Å². The SMILES string of the molecule is CCOP(=O)(OCC)C1(P(=O)(OCC)OCC)CC(C(=O)C2CCC2)=NN1. The zero-order valence-electron chi connectivity index (χ0n) is 16.4. The summed E-state index contributed by atoms with van der Waals surface area (Å²) in [6, 6.07) is 0. The van der Waals surface area contributed by atoms with Crippen molar-refractivity contribution in [2.45, 2.75) is 58.4 Å². The molecule has 2 rings (SSSR count). The minimum atomic E-state index is -4.07. The quantitative estimate of drug-likeness (QED) is 0.470. The van der Waals surface area contributed by atoms with Gasteiger partial charge < -0.3 is 18.1 Å². The van der Waals surface area contributed by atoms with Crippen LogP contribution in [0.4, 0.5) is 0 Å². The number of nitrogens with one attached hydrogen (secondary N) is 1. The summed E-state index contributed by atoms with van der Waals surface area (Å²) in [6.07, 6.45) is 2.40. The average molecular weight is 424 g/mol. The molecule has 0 saturated heterocycles. The van der Waals surface area contributed by atoms with Gasteiger partial charge in [-0.05, 0) is 40.5 Å². The number of hydrazone groups is 1. The summed E-state index contributed by atoms with van der Waals surface area (Å²) < 4.78 is 49.4. The number of carbonyl (C=O) groups excluding carboxylic acids is 1. The zero-order chi connectivity index (χ0) is 20.1. The number of nitrogens with zero attached hydrogens (tertiary/aromatic N) is 1. The van der Waals surface area contributed by atoms with E-state index in [4.69, 9.17) is 18.1 Å². The maximum atomic E-state index is 13.7. The Hall–Kier alpha value is -0.560. The fourth-order valence-electron chi connectivity index (χ4n) is 3.17. The molecule has 1 N–H and O–H groups in total. The number of Topliss-reactive ketones (excluding diaryl/α,β-unsaturated/α-hetero) is 1. The van der Waals surface area contributed by atoms with Gasteiger partial charge in [-0.25, -0.2) is 0 Å². The lowest BCUT2D eigenvalue weighted by molar-refractivity contribution is -0.118. The van der Waals surface area contributed by atoms with Gasteiger partial charge in [-0.3, -0.25) is 19.4 Å². The van der Waals surface area contributed by atoms with Crippen LogP contribution in [0.1, 0.15) is 53.4 Å². The number of rotatable bonds is 12. The van der Waals surface area contributed by atoms with E-state index in [2.05, 4.69) is 10.5 Å². The maximum absolute atomic E-state index is 13.7. The molecule has 156 valence electrons. The van der Waals surface area contributed by atoms with Gasteiger partial charge in [-0.2, -0.15) is 5.10 Å². The lowest BCUT2D eigenvalue weighted by Crippen LogP contribution is -2.42. The Bertz CT molecular complexity index is 613. The van der Waals surface area contributed by atoms with Gasteiger partial charge in [-0.15, -0.1) is 0 Å². The summed E-state index contributed by atoms with van der Waals surface area (Å²) in [6.45, 7) is 6.86. The standard InChI is InChI=1S/C16H30N2O7P2/c1-5-22-26(20,23-6-2)16(27(21,24-7-3)25-8-4)12-14(17-18-16)15(19)13-10-9-11-13/h13,18H,5-12H2,1-4H3. The topological polar surface area (TPSA) is 113 Å². The third-order valence-corrected chi connectivity index (χ3v) is 10.8. The van der Waals surface area contributed by atoms with E-state index in [9.17, 15) is 13.9 Å². The third-order valence-electron chi connectivity index (χ3n) is 4.65. The van der Waals surface area contributed by atoms with Gasteiger partial charge in [0, 0.05) is 12.3 Å². The molecule has 0 aromatic heterocycles. The first kappa shape index (κ1) is 22.7. The Morgan fingerprint density at radius 3 is 1.78 bits per heavy atom. The first-order valence-corrected chi connectivity index (χ1v) is 12.6. The van der Waals surface area contributed by atoms with Crippen molar-refractivity contribution in [1.29, 1.82) is 0 Å². The predicted octanol–water partition coefficient (Wildman–Crippen LogP) is 3.89. The van der Waals surface area contributed by atoms with Crippen molar-refractivity contribution in [3.8, 4) is 0 Å². The van der Waals surface area contributed by atoms with Crippen LogP contribution in [0.5, 0.6) is 0 Å². The second kappa shape index (κ2) is 9.29. The Morgan fingerprint density at radius 1 is 1.00 bits per heavy atom. The number of ketones is 1. The van der Waals surface area contributed by atoms with E-state index >= 15 is 0 Å². The Balaban J connectivity index is 2.48. The smallest absolute Gasteiger partial charge is 0.307 e. The summed E-state index contributed by atoms with van der Waals surface area (Å²) in [5.74, 6) is -0.229. The van der Waals surface area contributed by atoms with Gasteiger partial charge >= 0.3 is 15.2 Å². The van der Waals surface area contributed by atoms with E-state index in [0.29, 0.717) is 0 Å². The van der Waals surface area contributed by atoms with Crippen LogP contribution in [-0.4, -0.2) is 42.9 Å². The highest BCUT2D eigenvalue weighted by Crippen LogP contribution is 2.78. The van der Waals surface area contributed by atoms with Gasteiger partial charge in [0.2, 0.25) is 0 Å². The van der Waals surface area contributed by atoms with Crippen molar-refractivity contribution < 1.29 is 32.0 Å². The fourth-order valence-corrected chi connectivity index (χ4v) is 8.45. The summed E-state index contributed by atoms with van der Waals surface area (Å²) >= 11 is 0. The van der Waals surface area contributed by atoms with E-state index in [1.807, 2.05) is 0 Å². The predicted molar refractivity (Wildman–Crippen MR) is 102 cm³/mol. The molecule has 0 radical (unpaired) electrons. The molecule has 27 heavy (non-hydrogen) atoms. The highest BCUT2D eigenvalue weighted by Gasteiger charge is 2.68. The minimum Gasteiger partial charge on any atom is -0.307 e. The molecule has 1 heterocycles. The highest BCUT2D eigenvalue weighted by atomic mass is 31.2. The summed E-state index contributed by atoms with van der Waals surface area (Å²) in [7, 11) is -8.14. The van der Waals surface area contributed by atoms with E-state index in [1.54, 1.807) is 27.7 Å². The molecule has 2 aliphatic rings. The van der Waals surface area contributed by atoms with E-state index in [0.717, 1.165) is 19.3 Å². The van der Waals surface area contributed by atoms with Crippen molar-refractivity contribution >= 4 is 26.7 Å². The van der Waals surface area contributed by atoms with Gasteiger partial charge in [0.05, 0.1) is 26.4 Å². The van der Waals surface area contributed by atoms with Gasteiger partial charge in [-0.1, -0.05) is 6.42 Å². The Labute approximate surface area is 160 Å². The Kier molecular flexibility index (Phi) is 7.82. The van der Waals surface area contributed by atoms with Crippen LogP contribution in [0.15, 0.2) is 5.10 Å². The summed E-state index contributed by atoms with van der Waals surface area (Å²) in [5.41, 5.74) is 2.85. The summed E-state index contributed by atoms with van der Waals surface area (Å²) in [5, 5.41) is 2.22. The van der Waals surface area contributed by atoms with Gasteiger partial charge in [0.15, 0.2) is 5.78 Å². The monoisotopic (exact) mass is 424 g/mol. The molecule has 11 heteroatoms. The van der Waals surface area contributed by atoms with E-state index in [-0.39, 0.29) is 50.3 Å². The molecule has 0 aromatic carbocycles. The van der Waals surface area contributed by atoms with Crippen molar-refractivity contribution in [1.82, 2.24) is 5.43 Å². The van der Waals surface area contributed by atoms with Gasteiger partial charge in [0.25, 0.3) is 5.02 Å². The van der Waals surface area contributed by atoms with Crippen molar-refractivity contribution in [3.05, 3.63) is 0 Å². The lowest BCUT2D eigenvalue weighted by atomic mass is 9.80. The minimum absolute atomic E-state index is 0.0604. The molecule has 0 aromatic rings. The van der Waals surface area contributed by atoms with Crippen LogP contribution < -0.4 is 5.43 Å². The molecule has 1 saturated carbocycles. The second-order valence-corrected chi connectivity index (χ2v) is 11.2. The molecule has 0 bridgehead atoms. The first-order valence-electron chi connectivity index (χ1n) is 9.49. The molecule has 0 unspecified atom stereocenters. The molecule has 0 spiro atoms. The van der Waals surface area contributed by atoms with Crippen LogP contribution in [0.25, 0.3) is 0 Å². The highest BCUT2D eigenvalue weighted by molar-refractivity contribution is 7.74. The molecule has 0 atom stereocenters. The first-order chi connectivity index (χ1) is 12.8. The zero-order valence-corrected chi connectivity index (χ0v) is 18.2. The fraction of sp³-hybridized carbons (Fsp3) is 0.875. The number of carbonyl (C=O) groups is 1. The maximum Gasteiger partial charge on any atom is 0.370 e. The van der Waals surface area contributed by atoms with Crippen molar-refractivity contribution in [3.63, 3.8) is 0 Å². The van der Waals surface area contributed by atoms with Crippen LogP contribution >= 0.6 is 15.2 Å². The van der Waals surface area contributed by atoms with Gasteiger partial charge in [0.1, 0.15) is 5.71 Å².